The van der Waals surface area contributed by atoms with E-state index in [1.165, 1.54) is 5.56 Å². The summed E-state index contributed by atoms with van der Waals surface area (Å²) in [5.74, 6) is 0.0536. The molecule has 1 aromatic rings. The van der Waals surface area contributed by atoms with Gasteiger partial charge in [-0.05, 0) is 57.7 Å². The highest BCUT2D eigenvalue weighted by molar-refractivity contribution is 5.93. The number of aliphatic hydroxyl groups excluding tert-OH is 1. The first-order valence-electron chi connectivity index (χ1n) is 7.82. The molecule has 0 saturated carbocycles. The molecule has 0 bridgehead atoms. The number of hydrogen-bond acceptors (Lipinski definition) is 3. The first-order chi connectivity index (χ1) is 10.1. The highest BCUT2D eigenvalue weighted by atomic mass is 16.3. The molecule has 0 spiro atoms. The SMILES string of the molecule is Cc1ccc(NC(=O)CN2CCCC2CCCO)c(C)c1. The Morgan fingerprint density at radius 3 is 2.95 bits per heavy atom. The lowest BCUT2D eigenvalue weighted by atomic mass is 10.1. The Balaban J connectivity index is 1.89. The van der Waals surface area contributed by atoms with E-state index in [1.54, 1.807) is 0 Å². The maximum absolute atomic E-state index is 12.2. The van der Waals surface area contributed by atoms with Crippen molar-refractivity contribution < 1.29 is 9.90 Å². The largest absolute Gasteiger partial charge is 0.396 e. The number of amides is 1. The van der Waals surface area contributed by atoms with Crippen LogP contribution in [0.15, 0.2) is 18.2 Å². The Labute approximate surface area is 127 Å². The summed E-state index contributed by atoms with van der Waals surface area (Å²) in [6, 6.07) is 6.51. The van der Waals surface area contributed by atoms with Gasteiger partial charge >= 0.3 is 0 Å². The number of rotatable bonds is 6. The van der Waals surface area contributed by atoms with Crippen molar-refractivity contribution in [3.8, 4) is 0 Å². The minimum absolute atomic E-state index is 0.0536. The van der Waals surface area contributed by atoms with E-state index in [1.807, 2.05) is 19.1 Å². The van der Waals surface area contributed by atoms with Gasteiger partial charge in [0.1, 0.15) is 0 Å². The Kier molecular flexibility index (Phi) is 5.76. The molecule has 1 heterocycles. The van der Waals surface area contributed by atoms with Gasteiger partial charge in [0, 0.05) is 18.3 Å². The average molecular weight is 290 g/mol. The first-order valence-corrected chi connectivity index (χ1v) is 7.82. The van der Waals surface area contributed by atoms with E-state index in [-0.39, 0.29) is 12.5 Å². The van der Waals surface area contributed by atoms with Gasteiger partial charge in [-0.2, -0.15) is 0 Å². The summed E-state index contributed by atoms with van der Waals surface area (Å²) in [5, 5.41) is 12.0. The summed E-state index contributed by atoms with van der Waals surface area (Å²) in [6.45, 7) is 5.73. The molecule has 116 valence electrons. The van der Waals surface area contributed by atoms with Gasteiger partial charge in [-0.3, -0.25) is 9.69 Å². The van der Waals surface area contributed by atoms with Crippen LogP contribution in [-0.4, -0.2) is 41.7 Å². The van der Waals surface area contributed by atoms with Crippen LogP contribution in [0.25, 0.3) is 0 Å². The smallest absolute Gasteiger partial charge is 0.238 e. The summed E-state index contributed by atoms with van der Waals surface area (Å²) in [5.41, 5.74) is 3.20. The third-order valence-electron chi connectivity index (χ3n) is 4.20. The Bertz CT molecular complexity index is 488. The van der Waals surface area contributed by atoms with Crippen molar-refractivity contribution in [2.75, 3.05) is 25.0 Å². The van der Waals surface area contributed by atoms with Crippen molar-refractivity contribution in [3.05, 3.63) is 29.3 Å². The van der Waals surface area contributed by atoms with E-state index < -0.39 is 0 Å². The van der Waals surface area contributed by atoms with E-state index >= 15 is 0 Å². The van der Waals surface area contributed by atoms with Gasteiger partial charge in [0.25, 0.3) is 0 Å². The van der Waals surface area contributed by atoms with Crippen LogP contribution in [0, 0.1) is 13.8 Å². The molecular weight excluding hydrogens is 264 g/mol. The number of carbonyl (C=O) groups is 1. The van der Waals surface area contributed by atoms with Gasteiger partial charge in [0.2, 0.25) is 5.91 Å². The molecule has 1 saturated heterocycles. The van der Waals surface area contributed by atoms with Gasteiger partial charge in [0.05, 0.1) is 6.54 Å². The molecule has 21 heavy (non-hydrogen) atoms. The lowest BCUT2D eigenvalue weighted by molar-refractivity contribution is -0.117. The number of aryl methyl sites for hydroxylation is 2. The summed E-state index contributed by atoms with van der Waals surface area (Å²) in [7, 11) is 0. The molecule has 4 nitrogen and oxygen atoms in total. The molecule has 1 amide bonds. The van der Waals surface area contributed by atoms with E-state index in [0.717, 1.165) is 43.5 Å². The van der Waals surface area contributed by atoms with Crippen LogP contribution >= 0.6 is 0 Å². The second-order valence-electron chi connectivity index (χ2n) is 6.00. The van der Waals surface area contributed by atoms with Crippen molar-refractivity contribution in [1.29, 1.82) is 0 Å². The zero-order chi connectivity index (χ0) is 15.2. The number of nitrogens with one attached hydrogen (secondary N) is 1. The standard InChI is InChI=1S/C17H26N2O2/c1-13-7-8-16(14(2)11-13)18-17(21)12-19-9-3-5-15(19)6-4-10-20/h7-8,11,15,20H,3-6,9-10,12H2,1-2H3,(H,18,21). The highest BCUT2D eigenvalue weighted by Crippen LogP contribution is 2.21. The third kappa shape index (κ3) is 4.55. The summed E-state index contributed by atoms with van der Waals surface area (Å²) in [6.07, 6.45) is 4.08. The molecule has 1 aromatic carbocycles. The van der Waals surface area contributed by atoms with Crippen LogP contribution in [0.5, 0.6) is 0 Å². The summed E-state index contributed by atoms with van der Waals surface area (Å²) >= 11 is 0. The van der Waals surface area contributed by atoms with Gasteiger partial charge in [0.15, 0.2) is 0 Å². The second kappa shape index (κ2) is 7.57. The summed E-state index contributed by atoms with van der Waals surface area (Å²) < 4.78 is 0. The molecule has 0 aliphatic carbocycles. The molecule has 1 aliphatic rings. The molecule has 4 heteroatoms. The predicted octanol–water partition coefficient (Wildman–Crippen LogP) is 2.48. The number of carbonyl (C=O) groups excluding carboxylic acids is 1. The molecule has 1 fully saturated rings. The number of anilines is 1. The van der Waals surface area contributed by atoms with Crippen molar-refractivity contribution in [1.82, 2.24) is 4.90 Å². The molecule has 1 unspecified atom stereocenters. The molecule has 1 aliphatic heterocycles. The van der Waals surface area contributed by atoms with Gasteiger partial charge < -0.3 is 10.4 Å². The Morgan fingerprint density at radius 2 is 2.24 bits per heavy atom. The topological polar surface area (TPSA) is 52.6 Å². The number of hydrogen-bond donors (Lipinski definition) is 2. The molecule has 2 N–H and O–H groups in total. The number of benzene rings is 1. The van der Waals surface area contributed by atoms with Crippen molar-refractivity contribution in [2.45, 2.75) is 45.6 Å². The minimum atomic E-state index is 0.0536. The fourth-order valence-corrected chi connectivity index (χ4v) is 3.09. The average Bonchev–Trinajstić information content (AvgIpc) is 2.87. The molecule has 2 rings (SSSR count). The predicted molar refractivity (Wildman–Crippen MR) is 85.5 cm³/mol. The normalized spacial score (nSPS) is 18.9. The van der Waals surface area contributed by atoms with E-state index in [2.05, 4.69) is 23.2 Å². The first kappa shape index (κ1) is 16.0. The monoisotopic (exact) mass is 290 g/mol. The van der Waals surface area contributed by atoms with Crippen LogP contribution in [0.4, 0.5) is 5.69 Å². The van der Waals surface area contributed by atoms with Gasteiger partial charge in [-0.15, -0.1) is 0 Å². The Morgan fingerprint density at radius 1 is 1.43 bits per heavy atom. The van der Waals surface area contributed by atoms with Crippen LogP contribution in [0.3, 0.4) is 0 Å². The van der Waals surface area contributed by atoms with Crippen molar-refractivity contribution in [2.24, 2.45) is 0 Å². The van der Waals surface area contributed by atoms with Gasteiger partial charge in [-0.1, -0.05) is 17.7 Å². The number of aliphatic hydroxyl groups is 1. The molecule has 0 radical (unpaired) electrons. The fourth-order valence-electron chi connectivity index (χ4n) is 3.09. The number of likely N-dealkylation sites (tertiary alicyclic amines) is 1. The zero-order valence-electron chi connectivity index (χ0n) is 13.1. The van der Waals surface area contributed by atoms with E-state index in [0.29, 0.717) is 12.6 Å². The lowest BCUT2D eigenvalue weighted by Gasteiger charge is -2.23. The van der Waals surface area contributed by atoms with Crippen LogP contribution < -0.4 is 5.32 Å². The van der Waals surface area contributed by atoms with Crippen molar-refractivity contribution >= 4 is 11.6 Å². The van der Waals surface area contributed by atoms with E-state index in [9.17, 15) is 4.79 Å². The molecule has 0 aromatic heterocycles. The quantitative estimate of drug-likeness (QED) is 0.846. The Hall–Kier alpha value is -1.39. The maximum atomic E-state index is 12.2. The highest BCUT2D eigenvalue weighted by Gasteiger charge is 2.25. The van der Waals surface area contributed by atoms with Crippen molar-refractivity contribution in [3.63, 3.8) is 0 Å². The molecular formula is C17H26N2O2. The lowest BCUT2D eigenvalue weighted by Crippen LogP contribution is -2.37. The third-order valence-corrected chi connectivity index (χ3v) is 4.20. The van der Waals surface area contributed by atoms with Crippen LogP contribution in [0.2, 0.25) is 0 Å². The van der Waals surface area contributed by atoms with Gasteiger partial charge in [-0.25, -0.2) is 0 Å². The molecule has 1 atom stereocenters. The van der Waals surface area contributed by atoms with Crippen LogP contribution in [0.1, 0.15) is 36.8 Å². The fraction of sp³-hybridized carbons (Fsp3) is 0.588. The second-order valence-corrected chi connectivity index (χ2v) is 6.00. The zero-order valence-corrected chi connectivity index (χ0v) is 13.1. The summed E-state index contributed by atoms with van der Waals surface area (Å²) in [4.78, 5) is 14.5. The maximum Gasteiger partial charge on any atom is 0.238 e. The van der Waals surface area contributed by atoms with Crippen LogP contribution in [-0.2, 0) is 4.79 Å². The van der Waals surface area contributed by atoms with E-state index in [4.69, 9.17) is 5.11 Å². The minimum Gasteiger partial charge on any atom is -0.396 e. The number of nitrogens with zero attached hydrogens (tertiary/aromatic N) is 1.